The molecule has 24 heavy (non-hydrogen) atoms. The van der Waals surface area contributed by atoms with Gasteiger partial charge in [-0.2, -0.15) is 0 Å². The van der Waals surface area contributed by atoms with Gasteiger partial charge in [0.15, 0.2) is 12.4 Å². The minimum Gasteiger partial charge on any atom is -1.00 e. The van der Waals surface area contributed by atoms with Crippen LogP contribution >= 0.6 is 0 Å². The second kappa shape index (κ2) is 14.7. The Balaban J connectivity index is 0. The third-order valence-corrected chi connectivity index (χ3v) is 4.19. The molecule has 2 nitrogen and oxygen atoms in total. The van der Waals surface area contributed by atoms with Gasteiger partial charge in [-0.25, -0.2) is 4.57 Å². The topological polar surface area (TPSA) is 3.88 Å². The molecule has 0 aliphatic carbocycles. The van der Waals surface area contributed by atoms with Gasteiger partial charge < -0.3 is 52.4 Å². The number of rotatable bonds is 11. The van der Waals surface area contributed by atoms with Crippen LogP contribution in [0, 0.1) is 13.8 Å². The monoisotopic (exact) mass is 560 g/mol. The predicted octanol–water partition coefficient (Wildman–Crippen LogP) is -1.57. The molecule has 142 valence electrons. The van der Waals surface area contributed by atoms with Gasteiger partial charge in [-0.15, -0.1) is 0 Å². The van der Waals surface area contributed by atoms with E-state index in [1.165, 1.54) is 75.6 Å². The first-order valence-electron chi connectivity index (χ1n) is 9.15. The highest BCUT2D eigenvalue weighted by molar-refractivity contribution is 5.11. The maximum Gasteiger partial charge on any atom is 0.171 e. The average Bonchev–Trinajstić information content (AvgIpc) is 2.38. The molecule has 0 fully saturated rings. The SMILES string of the molecule is Cc1cc(C)c[n+](CCCCCCCCCC[N+](C)(C)C)c1.[I-].[I-]. The van der Waals surface area contributed by atoms with E-state index in [0.717, 1.165) is 4.48 Å². The van der Waals surface area contributed by atoms with E-state index < -0.39 is 0 Å². The maximum atomic E-state index is 2.36. The van der Waals surface area contributed by atoms with Gasteiger partial charge in [0.2, 0.25) is 0 Å². The number of unbranched alkanes of at least 4 members (excludes halogenated alkanes) is 7. The minimum atomic E-state index is 0. The predicted molar refractivity (Wildman–Crippen MR) is 95.9 cm³/mol. The van der Waals surface area contributed by atoms with Crippen molar-refractivity contribution in [2.24, 2.45) is 0 Å². The molecule has 0 bridgehead atoms. The summed E-state index contributed by atoms with van der Waals surface area (Å²) in [5.41, 5.74) is 2.74. The van der Waals surface area contributed by atoms with E-state index >= 15 is 0 Å². The molecule has 1 aromatic heterocycles. The smallest absolute Gasteiger partial charge is 0.171 e. The first-order valence-corrected chi connectivity index (χ1v) is 9.15. The van der Waals surface area contributed by atoms with Crippen molar-refractivity contribution in [2.45, 2.75) is 71.8 Å². The second-order valence-corrected chi connectivity index (χ2v) is 7.97. The van der Waals surface area contributed by atoms with Crippen LogP contribution in [0.15, 0.2) is 18.5 Å². The molecule has 0 unspecified atom stereocenters. The van der Waals surface area contributed by atoms with E-state index in [2.05, 4.69) is 58.0 Å². The van der Waals surface area contributed by atoms with Crippen LogP contribution in [-0.4, -0.2) is 32.2 Å². The van der Waals surface area contributed by atoms with E-state index in [9.17, 15) is 0 Å². The van der Waals surface area contributed by atoms with Crippen LogP contribution in [0.4, 0.5) is 0 Å². The summed E-state index contributed by atoms with van der Waals surface area (Å²) in [5.74, 6) is 0. The lowest BCUT2D eigenvalue weighted by Crippen LogP contribution is -3.00. The molecular formula is C20H38I2N2. The van der Waals surface area contributed by atoms with Crippen molar-refractivity contribution in [3.05, 3.63) is 29.6 Å². The fourth-order valence-corrected chi connectivity index (χ4v) is 3.06. The first kappa shape index (κ1) is 26.8. The summed E-state index contributed by atoms with van der Waals surface area (Å²) in [6.07, 6.45) is 15.7. The molecule has 0 aliphatic heterocycles. The van der Waals surface area contributed by atoms with Crippen LogP contribution < -0.4 is 52.5 Å². The molecule has 1 rings (SSSR count). The number of quaternary nitrogens is 1. The molecule has 0 saturated carbocycles. The van der Waals surface area contributed by atoms with Crippen molar-refractivity contribution in [1.82, 2.24) is 0 Å². The number of hydrogen-bond acceptors (Lipinski definition) is 0. The highest BCUT2D eigenvalue weighted by atomic mass is 127. The Morgan fingerprint density at radius 2 is 1.12 bits per heavy atom. The molecule has 0 aliphatic rings. The lowest BCUT2D eigenvalue weighted by Gasteiger charge is -2.23. The largest absolute Gasteiger partial charge is 1.00 e. The Kier molecular flexibility index (Phi) is 16.4. The van der Waals surface area contributed by atoms with Crippen molar-refractivity contribution in [2.75, 3.05) is 27.7 Å². The summed E-state index contributed by atoms with van der Waals surface area (Å²) in [6.45, 7) is 6.85. The van der Waals surface area contributed by atoms with E-state index in [0.29, 0.717) is 0 Å². The van der Waals surface area contributed by atoms with Crippen LogP contribution in [0.2, 0.25) is 0 Å². The zero-order chi connectivity index (χ0) is 16.4. The minimum absolute atomic E-state index is 0. The van der Waals surface area contributed by atoms with Gasteiger partial charge in [-0.05, 0) is 39.2 Å². The number of aryl methyl sites for hydroxylation is 3. The fourth-order valence-electron chi connectivity index (χ4n) is 3.06. The molecule has 0 spiro atoms. The summed E-state index contributed by atoms with van der Waals surface area (Å²) in [5, 5.41) is 0. The molecule has 0 amide bonds. The van der Waals surface area contributed by atoms with E-state index in [1.807, 2.05) is 0 Å². The Bertz CT molecular complexity index is 408. The number of hydrogen-bond donors (Lipinski definition) is 0. The van der Waals surface area contributed by atoms with Crippen LogP contribution in [0.1, 0.15) is 62.5 Å². The van der Waals surface area contributed by atoms with Crippen molar-refractivity contribution in [1.29, 1.82) is 0 Å². The third-order valence-electron chi connectivity index (χ3n) is 4.19. The summed E-state index contributed by atoms with van der Waals surface area (Å²) >= 11 is 0. The standard InChI is InChI=1S/C20H38N2.2HI/c1-19-16-20(2)18-21(17-19)14-12-10-8-6-7-9-11-13-15-22(3,4)5;;/h16-18H,6-15H2,1-5H3;2*1H/q+2;;/p-2. The molecular weight excluding hydrogens is 522 g/mol. The van der Waals surface area contributed by atoms with Gasteiger partial charge in [0.1, 0.15) is 6.54 Å². The molecule has 0 atom stereocenters. The lowest BCUT2D eigenvalue weighted by molar-refractivity contribution is -0.870. The van der Waals surface area contributed by atoms with Crippen molar-refractivity contribution in [3.8, 4) is 0 Å². The molecule has 4 heteroatoms. The molecule has 0 saturated heterocycles. The zero-order valence-corrected chi connectivity index (χ0v) is 20.8. The molecule has 1 aromatic rings. The Morgan fingerprint density at radius 1 is 0.708 bits per heavy atom. The van der Waals surface area contributed by atoms with Crippen molar-refractivity contribution < 1.29 is 57.0 Å². The molecule has 0 N–H and O–H groups in total. The Labute approximate surface area is 185 Å². The van der Waals surface area contributed by atoms with Gasteiger partial charge in [0, 0.05) is 17.5 Å². The number of pyridine rings is 1. The number of halogens is 2. The molecule has 0 aromatic carbocycles. The Morgan fingerprint density at radius 3 is 1.58 bits per heavy atom. The van der Waals surface area contributed by atoms with Crippen LogP contribution in [-0.2, 0) is 6.54 Å². The highest BCUT2D eigenvalue weighted by Crippen LogP contribution is 2.09. The van der Waals surface area contributed by atoms with E-state index in [4.69, 9.17) is 0 Å². The fraction of sp³-hybridized carbons (Fsp3) is 0.750. The normalized spacial score (nSPS) is 10.9. The third kappa shape index (κ3) is 14.9. The quantitative estimate of drug-likeness (QED) is 0.133. The van der Waals surface area contributed by atoms with Crippen LogP contribution in [0.25, 0.3) is 0 Å². The summed E-state index contributed by atoms with van der Waals surface area (Å²) in [4.78, 5) is 0. The first-order chi connectivity index (χ1) is 10.4. The molecule has 0 radical (unpaired) electrons. The Hall–Kier alpha value is 0.570. The average molecular weight is 560 g/mol. The number of nitrogens with zero attached hydrogens (tertiary/aromatic N) is 2. The van der Waals surface area contributed by atoms with Crippen LogP contribution in [0.5, 0.6) is 0 Å². The summed E-state index contributed by atoms with van der Waals surface area (Å²) in [6, 6.07) is 2.25. The number of aromatic nitrogens is 1. The van der Waals surface area contributed by atoms with Gasteiger partial charge in [0.05, 0.1) is 27.7 Å². The van der Waals surface area contributed by atoms with Crippen molar-refractivity contribution in [3.63, 3.8) is 0 Å². The van der Waals surface area contributed by atoms with Crippen LogP contribution in [0.3, 0.4) is 0 Å². The lowest BCUT2D eigenvalue weighted by atomic mass is 10.1. The summed E-state index contributed by atoms with van der Waals surface area (Å²) in [7, 11) is 6.86. The van der Waals surface area contributed by atoms with E-state index in [1.54, 1.807) is 0 Å². The highest BCUT2D eigenvalue weighted by Gasteiger charge is 2.05. The van der Waals surface area contributed by atoms with Gasteiger partial charge in [-0.3, -0.25) is 0 Å². The summed E-state index contributed by atoms with van der Waals surface area (Å²) < 4.78 is 3.46. The molecule has 1 heterocycles. The second-order valence-electron chi connectivity index (χ2n) is 7.97. The maximum absolute atomic E-state index is 2.36. The van der Waals surface area contributed by atoms with Crippen molar-refractivity contribution >= 4 is 0 Å². The van der Waals surface area contributed by atoms with Gasteiger partial charge >= 0.3 is 0 Å². The van der Waals surface area contributed by atoms with Gasteiger partial charge in [-0.1, -0.05) is 25.7 Å². The van der Waals surface area contributed by atoms with E-state index in [-0.39, 0.29) is 48.0 Å². The van der Waals surface area contributed by atoms with Gasteiger partial charge in [0.25, 0.3) is 0 Å². The zero-order valence-electron chi connectivity index (χ0n) is 16.5.